The van der Waals surface area contributed by atoms with Crippen LogP contribution in [0.3, 0.4) is 0 Å². The lowest BCUT2D eigenvalue weighted by Gasteiger charge is -2.04. The van der Waals surface area contributed by atoms with E-state index in [1.54, 1.807) is 6.33 Å². The highest BCUT2D eigenvalue weighted by atomic mass is 14.9. The van der Waals surface area contributed by atoms with Crippen molar-refractivity contribution in [1.82, 2.24) is 9.97 Å². The number of H-pyrrole nitrogens is 1. The molecule has 0 atom stereocenters. The highest BCUT2D eigenvalue weighted by Gasteiger charge is 2.00. The van der Waals surface area contributed by atoms with E-state index in [2.05, 4.69) is 57.7 Å². The maximum Gasteiger partial charge on any atom is 0.0931 e. The van der Waals surface area contributed by atoms with Crippen molar-refractivity contribution in [3.63, 3.8) is 0 Å². The van der Waals surface area contributed by atoms with Crippen LogP contribution in [0, 0.1) is 0 Å². The number of rotatable bonds is 3. The number of anilines is 1. The Balaban J connectivity index is 1.85. The molecule has 1 aromatic heterocycles. The summed E-state index contributed by atoms with van der Waals surface area (Å²) in [6.45, 7) is 0. The molecule has 2 N–H and O–H groups in total. The summed E-state index contributed by atoms with van der Waals surface area (Å²) in [5, 5.41) is 3.13. The molecule has 0 unspecified atom stereocenters. The number of fused-ring (bicyclic) bond motifs is 1. The van der Waals surface area contributed by atoms with E-state index in [4.69, 9.17) is 0 Å². The van der Waals surface area contributed by atoms with Crippen LogP contribution in [0.5, 0.6) is 0 Å². The number of aromatic amines is 1. The lowest BCUT2D eigenvalue weighted by molar-refractivity contribution is 1.20. The van der Waals surface area contributed by atoms with E-state index in [1.165, 1.54) is 11.1 Å². The molecule has 0 aliphatic carbocycles. The maximum atomic E-state index is 4.23. The van der Waals surface area contributed by atoms with Gasteiger partial charge in [-0.3, -0.25) is 0 Å². The van der Waals surface area contributed by atoms with Crippen LogP contribution in [0.1, 0.15) is 11.1 Å². The van der Waals surface area contributed by atoms with Gasteiger partial charge >= 0.3 is 0 Å². The number of hydrogen-bond donors (Lipinski definition) is 2. The molecule has 1 heterocycles. The predicted octanol–water partition coefficient (Wildman–Crippen LogP) is 3.20. The highest BCUT2D eigenvalue weighted by molar-refractivity contribution is 5.75. The molecule has 0 fully saturated rings. The molecule has 0 aliphatic heterocycles. The van der Waals surface area contributed by atoms with Gasteiger partial charge in [0.2, 0.25) is 0 Å². The fraction of sp³-hybridized carbons (Fsp3) is 0.133. The van der Waals surface area contributed by atoms with Gasteiger partial charge in [0.15, 0.2) is 0 Å². The first-order chi connectivity index (χ1) is 8.85. The Morgan fingerprint density at radius 1 is 1.06 bits per heavy atom. The van der Waals surface area contributed by atoms with E-state index < -0.39 is 0 Å². The molecule has 0 saturated carbocycles. The van der Waals surface area contributed by atoms with Gasteiger partial charge in [-0.25, -0.2) is 4.98 Å². The molecule has 0 radical (unpaired) electrons. The second-order valence-electron chi connectivity index (χ2n) is 4.38. The SMILES string of the molecule is CNc1ccc(Cc2ccc3nc[nH]c3c2)cc1. The van der Waals surface area contributed by atoms with Crippen LogP contribution in [0.2, 0.25) is 0 Å². The minimum atomic E-state index is 0.943. The van der Waals surface area contributed by atoms with Gasteiger partial charge in [0.25, 0.3) is 0 Å². The van der Waals surface area contributed by atoms with Crippen LogP contribution >= 0.6 is 0 Å². The van der Waals surface area contributed by atoms with Crippen LogP contribution in [0.4, 0.5) is 5.69 Å². The van der Waals surface area contributed by atoms with Gasteiger partial charge in [0.05, 0.1) is 17.4 Å². The lowest BCUT2D eigenvalue weighted by Crippen LogP contribution is -1.91. The molecule has 3 rings (SSSR count). The maximum absolute atomic E-state index is 4.23. The van der Waals surface area contributed by atoms with Gasteiger partial charge in [-0.2, -0.15) is 0 Å². The molecule has 3 heteroatoms. The van der Waals surface area contributed by atoms with Crippen molar-refractivity contribution in [1.29, 1.82) is 0 Å². The Hall–Kier alpha value is -2.29. The highest BCUT2D eigenvalue weighted by Crippen LogP contribution is 2.16. The quantitative estimate of drug-likeness (QED) is 0.734. The van der Waals surface area contributed by atoms with Crippen molar-refractivity contribution in [2.24, 2.45) is 0 Å². The predicted molar refractivity (Wildman–Crippen MR) is 74.9 cm³/mol. The Labute approximate surface area is 106 Å². The Bertz CT molecular complexity index is 653. The summed E-state index contributed by atoms with van der Waals surface area (Å²) in [7, 11) is 1.93. The van der Waals surface area contributed by atoms with Gasteiger partial charge in [-0.05, 0) is 41.8 Å². The largest absolute Gasteiger partial charge is 0.388 e. The summed E-state index contributed by atoms with van der Waals surface area (Å²) in [4.78, 5) is 7.37. The molecule has 2 aromatic carbocycles. The molecular formula is C15H15N3. The smallest absolute Gasteiger partial charge is 0.0931 e. The molecule has 0 aliphatic rings. The Morgan fingerprint density at radius 2 is 1.83 bits per heavy atom. The summed E-state index contributed by atoms with van der Waals surface area (Å²) in [5.41, 5.74) is 5.86. The van der Waals surface area contributed by atoms with Crippen LogP contribution < -0.4 is 5.32 Å². The molecule has 3 aromatic rings. The number of imidazole rings is 1. The van der Waals surface area contributed by atoms with Crippen molar-refractivity contribution in [2.75, 3.05) is 12.4 Å². The molecule has 3 nitrogen and oxygen atoms in total. The van der Waals surface area contributed by atoms with Gasteiger partial charge in [0.1, 0.15) is 0 Å². The van der Waals surface area contributed by atoms with Crippen LogP contribution in [-0.2, 0) is 6.42 Å². The van der Waals surface area contributed by atoms with Crippen molar-refractivity contribution in [3.05, 3.63) is 59.9 Å². The van der Waals surface area contributed by atoms with Gasteiger partial charge in [-0.1, -0.05) is 18.2 Å². The summed E-state index contributed by atoms with van der Waals surface area (Å²) in [6.07, 6.45) is 2.68. The zero-order valence-electron chi connectivity index (χ0n) is 10.3. The van der Waals surface area contributed by atoms with Crippen molar-refractivity contribution in [3.8, 4) is 0 Å². The molecule has 18 heavy (non-hydrogen) atoms. The number of nitrogens with one attached hydrogen (secondary N) is 2. The van der Waals surface area contributed by atoms with Crippen LogP contribution in [0.25, 0.3) is 11.0 Å². The fourth-order valence-corrected chi connectivity index (χ4v) is 2.12. The monoisotopic (exact) mass is 237 g/mol. The summed E-state index contributed by atoms with van der Waals surface area (Å²) in [5.74, 6) is 0. The summed E-state index contributed by atoms with van der Waals surface area (Å²) in [6, 6.07) is 14.9. The van der Waals surface area contributed by atoms with Crippen molar-refractivity contribution >= 4 is 16.7 Å². The molecule has 0 amide bonds. The Morgan fingerprint density at radius 3 is 2.61 bits per heavy atom. The zero-order valence-corrected chi connectivity index (χ0v) is 10.3. The normalized spacial score (nSPS) is 10.7. The van der Waals surface area contributed by atoms with E-state index in [1.807, 2.05) is 7.05 Å². The third-order valence-electron chi connectivity index (χ3n) is 3.14. The van der Waals surface area contributed by atoms with E-state index in [0.29, 0.717) is 0 Å². The number of hydrogen-bond acceptors (Lipinski definition) is 2. The number of benzene rings is 2. The average Bonchev–Trinajstić information content (AvgIpc) is 2.87. The zero-order chi connectivity index (χ0) is 12.4. The topological polar surface area (TPSA) is 40.7 Å². The minimum Gasteiger partial charge on any atom is -0.388 e. The van der Waals surface area contributed by atoms with E-state index in [9.17, 15) is 0 Å². The van der Waals surface area contributed by atoms with E-state index >= 15 is 0 Å². The van der Waals surface area contributed by atoms with Crippen molar-refractivity contribution in [2.45, 2.75) is 6.42 Å². The van der Waals surface area contributed by atoms with Crippen LogP contribution in [0.15, 0.2) is 48.8 Å². The van der Waals surface area contributed by atoms with E-state index in [-0.39, 0.29) is 0 Å². The number of nitrogens with zero attached hydrogens (tertiary/aromatic N) is 1. The van der Waals surface area contributed by atoms with Crippen molar-refractivity contribution < 1.29 is 0 Å². The summed E-state index contributed by atoms with van der Waals surface area (Å²) < 4.78 is 0. The van der Waals surface area contributed by atoms with Crippen LogP contribution in [-0.4, -0.2) is 17.0 Å². The second-order valence-corrected chi connectivity index (χ2v) is 4.38. The third-order valence-corrected chi connectivity index (χ3v) is 3.14. The summed E-state index contributed by atoms with van der Waals surface area (Å²) >= 11 is 0. The third kappa shape index (κ3) is 2.07. The lowest BCUT2D eigenvalue weighted by atomic mass is 10.0. The minimum absolute atomic E-state index is 0.943. The Kier molecular flexibility index (Phi) is 2.73. The molecule has 0 bridgehead atoms. The van der Waals surface area contributed by atoms with Gasteiger partial charge < -0.3 is 10.3 Å². The molecule has 90 valence electrons. The first kappa shape index (κ1) is 10.8. The van der Waals surface area contributed by atoms with Gasteiger partial charge in [0, 0.05) is 12.7 Å². The first-order valence-electron chi connectivity index (χ1n) is 6.04. The average molecular weight is 237 g/mol. The standard InChI is InChI=1S/C15H15N3/c1-16-13-5-2-11(3-6-13)8-12-4-7-14-15(9-12)18-10-17-14/h2-7,9-10,16H,8H2,1H3,(H,17,18). The molecular weight excluding hydrogens is 222 g/mol. The first-order valence-corrected chi connectivity index (χ1v) is 6.04. The molecule has 0 spiro atoms. The fourth-order valence-electron chi connectivity index (χ4n) is 2.12. The van der Waals surface area contributed by atoms with E-state index in [0.717, 1.165) is 23.1 Å². The second kappa shape index (κ2) is 4.53. The number of aromatic nitrogens is 2. The molecule has 0 saturated heterocycles. The van der Waals surface area contributed by atoms with Gasteiger partial charge in [-0.15, -0.1) is 0 Å².